The lowest BCUT2D eigenvalue weighted by atomic mass is 9.82. The maximum atomic E-state index is 14.3. The summed E-state index contributed by atoms with van der Waals surface area (Å²) in [6, 6.07) is 14.1. The highest BCUT2D eigenvalue weighted by Gasteiger charge is 2.43. The lowest BCUT2D eigenvalue weighted by molar-refractivity contribution is 0.0421. The number of nitrogens with two attached hydrogens (primary N) is 1. The Morgan fingerprint density at radius 2 is 1.81 bits per heavy atom. The van der Waals surface area contributed by atoms with E-state index in [1.807, 2.05) is 18.2 Å². The van der Waals surface area contributed by atoms with Crippen LogP contribution in [0.3, 0.4) is 0 Å². The van der Waals surface area contributed by atoms with Crippen molar-refractivity contribution in [2.45, 2.75) is 56.8 Å². The zero-order valence-electron chi connectivity index (χ0n) is 22.8. The van der Waals surface area contributed by atoms with E-state index in [1.165, 1.54) is 12.1 Å². The lowest BCUT2D eigenvalue weighted by Gasteiger charge is -2.47. The topological polar surface area (TPSA) is 139 Å². The van der Waals surface area contributed by atoms with Crippen molar-refractivity contribution in [3.05, 3.63) is 92.5 Å². The van der Waals surface area contributed by atoms with Gasteiger partial charge in [-0.2, -0.15) is 0 Å². The van der Waals surface area contributed by atoms with Crippen molar-refractivity contribution >= 4 is 45.1 Å². The first-order valence-corrected chi connectivity index (χ1v) is 16.2. The maximum absolute atomic E-state index is 14.3. The second kappa shape index (κ2) is 12.3. The third kappa shape index (κ3) is 6.34. The van der Waals surface area contributed by atoms with Gasteiger partial charge in [-0.25, -0.2) is 23.8 Å². The van der Waals surface area contributed by atoms with Crippen LogP contribution in [-0.2, 0) is 27.9 Å². The van der Waals surface area contributed by atoms with Gasteiger partial charge in [-0.1, -0.05) is 60.3 Å². The van der Waals surface area contributed by atoms with E-state index in [0.717, 1.165) is 41.4 Å². The van der Waals surface area contributed by atoms with Gasteiger partial charge in [0.25, 0.3) is 5.91 Å². The van der Waals surface area contributed by atoms with E-state index >= 15 is 0 Å². The number of benzene rings is 3. The number of fused-ring (bicyclic) bond motifs is 1. The molecule has 1 saturated carbocycles. The number of aromatic carboxylic acids is 1. The molecule has 0 bridgehead atoms. The van der Waals surface area contributed by atoms with Gasteiger partial charge in [0.05, 0.1) is 24.5 Å². The molecule has 5 rings (SSSR count). The van der Waals surface area contributed by atoms with Crippen LogP contribution >= 0.6 is 23.2 Å². The number of amides is 1. The van der Waals surface area contributed by atoms with E-state index in [-0.39, 0.29) is 24.1 Å². The highest BCUT2D eigenvalue weighted by atomic mass is 35.5. The second-order valence-corrected chi connectivity index (χ2v) is 13.4. The molecule has 4 N–H and O–H groups in total. The number of nitrogens with zero attached hydrogens (tertiary/aromatic N) is 1. The van der Waals surface area contributed by atoms with E-state index in [1.54, 1.807) is 29.2 Å². The molecule has 0 spiro atoms. The van der Waals surface area contributed by atoms with E-state index in [4.69, 9.17) is 33.9 Å². The third-order valence-corrected chi connectivity index (χ3v) is 9.29. The minimum absolute atomic E-state index is 0.000338. The Labute approximate surface area is 254 Å². The highest BCUT2D eigenvalue weighted by molar-refractivity contribution is 7.88. The van der Waals surface area contributed by atoms with E-state index in [0.29, 0.717) is 40.4 Å². The number of halogens is 2. The molecular formula is C30H31Cl2N3O6S. The Morgan fingerprint density at radius 1 is 1.07 bits per heavy atom. The summed E-state index contributed by atoms with van der Waals surface area (Å²) in [4.78, 5) is 32.5. The molecular weight excluding hydrogens is 601 g/mol. The Balaban J connectivity index is 1.61. The second-order valence-electron chi connectivity index (χ2n) is 10.8. The van der Waals surface area contributed by atoms with Crippen molar-refractivity contribution in [2.24, 2.45) is 5.90 Å². The number of hydrogen-bond donors (Lipinski definition) is 3. The SMILES string of the molecule is CS(=O)(=O)N[C@H]1CCCC[C@@H]1N1C(=O)c2ccc(-c3ccc(C(=O)O)cc3CON)cc2CC1c1ccc(Cl)cc1Cl. The first kappa shape index (κ1) is 30.5. The van der Waals surface area contributed by atoms with Gasteiger partial charge >= 0.3 is 5.97 Å². The van der Waals surface area contributed by atoms with Gasteiger partial charge in [0.15, 0.2) is 0 Å². The summed E-state index contributed by atoms with van der Waals surface area (Å²) in [5, 5.41) is 10.3. The average molecular weight is 633 g/mol. The number of carboxylic acid groups (broad SMARTS) is 1. The lowest BCUT2D eigenvalue weighted by Crippen LogP contribution is -2.57. The smallest absolute Gasteiger partial charge is 0.335 e. The molecule has 0 aromatic heterocycles. The Morgan fingerprint density at radius 3 is 2.50 bits per heavy atom. The predicted molar refractivity (Wildman–Crippen MR) is 161 cm³/mol. The molecule has 9 nitrogen and oxygen atoms in total. The van der Waals surface area contributed by atoms with Crippen LogP contribution in [0.25, 0.3) is 11.1 Å². The molecule has 1 aliphatic carbocycles. The predicted octanol–water partition coefficient (Wildman–Crippen LogP) is 5.35. The molecule has 1 unspecified atom stereocenters. The molecule has 222 valence electrons. The number of hydrogen-bond acceptors (Lipinski definition) is 6. The Bertz CT molecular complexity index is 1650. The molecule has 1 amide bonds. The number of carbonyl (C=O) groups excluding carboxylic acids is 1. The minimum Gasteiger partial charge on any atom is -0.478 e. The van der Waals surface area contributed by atoms with Crippen LogP contribution in [0, 0.1) is 0 Å². The summed E-state index contributed by atoms with van der Waals surface area (Å²) in [5.41, 5.74) is 4.23. The third-order valence-electron chi connectivity index (χ3n) is 7.99. The summed E-state index contributed by atoms with van der Waals surface area (Å²) >= 11 is 12.9. The highest BCUT2D eigenvalue weighted by Crippen LogP contribution is 2.42. The van der Waals surface area contributed by atoms with Crippen LogP contribution in [0.4, 0.5) is 0 Å². The number of sulfonamides is 1. The molecule has 3 aromatic carbocycles. The summed E-state index contributed by atoms with van der Waals surface area (Å²) in [6.07, 6.45) is 4.54. The summed E-state index contributed by atoms with van der Waals surface area (Å²) in [5.74, 6) is 4.07. The number of carbonyl (C=O) groups is 2. The van der Waals surface area contributed by atoms with Gasteiger partial charge in [-0.05, 0) is 77.4 Å². The molecule has 0 saturated heterocycles. The fourth-order valence-corrected chi connectivity index (χ4v) is 7.57. The fraction of sp³-hybridized carbons (Fsp3) is 0.333. The van der Waals surface area contributed by atoms with Crippen molar-refractivity contribution in [3.63, 3.8) is 0 Å². The normalized spacial score (nSPS) is 20.8. The van der Waals surface area contributed by atoms with E-state index in [2.05, 4.69) is 4.72 Å². The van der Waals surface area contributed by atoms with Crippen molar-refractivity contribution in [1.29, 1.82) is 0 Å². The van der Waals surface area contributed by atoms with E-state index < -0.39 is 28.1 Å². The molecule has 42 heavy (non-hydrogen) atoms. The Kier molecular flexibility index (Phi) is 8.94. The standard InChI is InChI=1S/C30H31Cl2N3O6S/c1-42(39,40)34-26-4-2-3-5-27(26)35-28(24-11-8-21(31)15-25(24)32)14-19-12-17(6-10-23(19)29(35)36)22-9-7-18(30(37)38)13-20(22)16-41-33/h6-13,15,26-28,34H,2-5,14,16,33H2,1H3,(H,37,38)/t26-,27-,28?/m0/s1. The largest absolute Gasteiger partial charge is 0.478 e. The number of nitrogens with one attached hydrogen (secondary N) is 1. The van der Waals surface area contributed by atoms with Gasteiger partial charge in [0, 0.05) is 27.7 Å². The summed E-state index contributed by atoms with van der Waals surface area (Å²) in [6.45, 7) is -0.000338. The van der Waals surface area contributed by atoms with Crippen LogP contribution < -0.4 is 10.6 Å². The molecule has 12 heteroatoms. The first-order chi connectivity index (χ1) is 20.0. The first-order valence-electron chi connectivity index (χ1n) is 13.5. The molecule has 0 radical (unpaired) electrons. The molecule has 1 heterocycles. The van der Waals surface area contributed by atoms with Gasteiger partial charge in [-0.15, -0.1) is 0 Å². The van der Waals surface area contributed by atoms with Crippen LogP contribution in [0.15, 0.2) is 54.6 Å². The average Bonchev–Trinajstić information content (AvgIpc) is 2.92. The fourth-order valence-electron chi connectivity index (χ4n) is 6.21. The van der Waals surface area contributed by atoms with Gasteiger partial charge in [0.1, 0.15) is 0 Å². The van der Waals surface area contributed by atoms with Crippen LogP contribution in [-0.4, -0.2) is 48.6 Å². The summed E-state index contributed by atoms with van der Waals surface area (Å²) in [7, 11) is -3.51. The maximum Gasteiger partial charge on any atom is 0.335 e. The van der Waals surface area contributed by atoms with Crippen LogP contribution in [0.1, 0.15) is 69.1 Å². The van der Waals surface area contributed by atoms with Crippen molar-refractivity contribution in [3.8, 4) is 11.1 Å². The Hall–Kier alpha value is -2.99. The molecule has 3 aromatic rings. The number of carboxylic acids is 1. The van der Waals surface area contributed by atoms with Crippen molar-refractivity contribution in [1.82, 2.24) is 9.62 Å². The molecule has 1 aliphatic heterocycles. The van der Waals surface area contributed by atoms with Crippen LogP contribution in [0.5, 0.6) is 0 Å². The monoisotopic (exact) mass is 631 g/mol. The van der Waals surface area contributed by atoms with Gasteiger partial charge < -0.3 is 10.0 Å². The zero-order chi connectivity index (χ0) is 30.2. The van der Waals surface area contributed by atoms with E-state index in [9.17, 15) is 23.1 Å². The molecule has 3 atom stereocenters. The van der Waals surface area contributed by atoms with Crippen molar-refractivity contribution in [2.75, 3.05) is 6.26 Å². The van der Waals surface area contributed by atoms with Crippen molar-refractivity contribution < 1.29 is 28.0 Å². The minimum atomic E-state index is -3.51. The molecule has 1 fully saturated rings. The van der Waals surface area contributed by atoms with Crippen LogP contribution in [0.2, 0.25) is 10.0 Å². The number of rotatable bonds is 8. The van der Waals surface area contributed by atoms with Gasteiger partial charge in [-0.3, -0.25) is 9.63 Å². The summed E-state index contributed by atoms with van der Waals surface area (Å²) < 4.78 is 27.3. The van der Waals surface area contributed by atoms with Gasteiger partial charge in [0.2, 0.25) is 10.0 Å². The zero-order valence-corrected chi connectivity index (χ0v) is 25.2. The molecule has 2 aliphatic rings. The quantitative estimate of drug-likeness (QED) is 0.285.